The van der Waals surface area contributed by atoms with Gasteiger partial charge in [0.2, 0.25) is 0 Å². The van der Waals surface area contributed by atoms with Crippen LogP contribution in [0.1, 0.15) is 28.1 Å². The standard InChI is InChI=1S/C5H12O.Li.H/c1-3-5(6)4-2;;/h5-6H,3-4H2,1-2H3;;/q;+1;-1. The number of hydrogen-bond donors (Lipinski definition) is 1. The molecule has 1 nitrogen and oxygen atoms in total. The van der Waals surface area contributed by atoms with E-state index < -0.39 is 0 Å². The molecule has 0 aliphatic carbocycles. The number of rotatable bonds is 2. The molecular weight excluding hydrogens is 83.0 g/mol. The van der Waals surface area contributed by atoms with Gasteiger partial charge in [0, 0.05) is 0 Å². The van der Waals surface area contributed by atoms with Gasteiger partial charge in [-0.2, -0.15) is 0 Å². The van der Waals surface area contributed by atoms with Gasteiger partial charge in [-0.1, -0.05) is 13.8 Å². The van der Waals surface area contributed by atoms with Crippen molar-refractivity contribution in [1.82, 2.24) is 0 Å². The molecule has 0 fully saturated rings. The van der Waals surface area contributed by atoms with Gasteiger partial charge >= 0.3 is 18.9 Å². The first-order chi connectivity index (χ1) is 2.81. The third-order valence-corrected chi connectivity index (χ3v) is 0.942. The Labute approximate surface area is 58.8 Å². The van der Waals surface area contributed by atoms with E-state index in [-0.39, 0.29) is 26.4 Å². The molecule has 0 aliphatic rings. The van der Waals surface area contributed by atoms with Gasteiger partial charge < -0.3 is 6.53 Å². The van der Waals surface area contributed by atoms with Crippen LogP contribution >= 0.6 is 0 Å². The summed E-state index contributed by atoms with van der Waals surface area (Å²) in [7, 11) is 0. The smallest absolute Gasteiger partial charge is 1.00 e. The van der Waals surface area contributed by atoms with Crippen LogP contribution in [0.5, 0.6) is 0 Å². The van der Waals surface area contributed by atoms with Gasteiger partial charge in [0.15, 0.2) is 0 Å². The molecule has 7 heavy (non-hydrogen) atoms. The SMILES string of the molecule is CCC(O)CC.[H-].[Li+]. The number of aliphatic hydroxyl groups excluding tert-OH is 1. The Morgan fingerprint density at radius 1 is 1.43 bits per heavy atom. The van der Waals surface area contributed by atoms with Crippen molar-refractivity contribution in [2.24, 2.45) is 0 Å². The van der Waals surface area contributed by atoms with Crippen LogP contribution in [0.2, 0.25) is 0 Å². The quantitative estimate of drug-likeness (QED) is 0.406. The monoisotopic (exact) mass is 96.1 g/mol. The van der Waals surface area contributed by atoms with Crippen LogP contribution in [0.15, 0.2) is 0 Å². The molecule has 0 amide bonds. The molecule has 40 valence electrons. The number of hydrogen-bond acceptors (Lipinski definition) is 1. The van der Waals surface area contributed by atoms with E-state index in [1.165, 1.54) is 0 Å². The van der Waals surface area contributed by atoms with Gasteiger partial charge in [0.1, 0.15) is 0 Å². The first-order valence-corrected chi connectivity index (χ1v) is 2.49. The van der Waals surface area contributed by atoms with E-state index in [0.29, 0.717) is 0 Å². The zero-order valence-electron chi connectivity index (χ0n) is 6.44. The van der Waals surface area contributed by atoms with Crippen molar-refractivity contribution in [2.75, 3.05) is 0 Å². The van der Waals surface area contributed by atoms with Crippen LogP contribution in [-0.2, 0) is 0 Å². The van der Waals surface area contributed by atoms with E-state index in [0.717, 1.165) is 12.8 Å². The first-order valence-electron chi connectivity index (χ1n) is 2.49. The Hall–Kier alpha value is 0.557. The summed E-state index contributed by atoms with van der Waals surface area (Å²) in [6.07, 6.45) is 1.71. The Balaban J connectivity index is -0.000000125. The van der Waals surface area contributed by atoms with E-state index in [9.17, 15) is 0 Å². The number of aliphatic hydroxyl groups is 1. The Morgan fingerprint density at radius 3 is 1.71 bits per heavy atom. The molecule has 0 unspecified atom stereocenters. The summed E-state index contributed by atoms with van der Waals surface area (Å²) in [5, 5.41) is 8.67. The summed E-state index contributed by atoms with van der Waals surface area (Å²) < 4.78 is 0. The summed E-state index contributed by atoms with van der Waals surface area (Å²) >= 11 is 0. The minimum Gasteiger partial charge on any atom is -1.00 e. The van der Waals surface area contributed by atoms with Crippen LogP contribution in [0, 0.1) is 0 Å². The molecule has 0 bridgehead atoms. The first kappa shape index (κ1) is 10.5. The second kappa shape index (κ2) is 6.56. The fourth-order valence-corrected chi connectivity index (χ4v) is 0.289. The normalized spacial score (nSPS) is 8.57. The molecule has 1 N–H and O–H groups in total. The van der Waals surface area contributed by atoms with Crippen LogP contribution in [0.4, 0.5) is 0 Å². The van der Waals surface area contributed by atoms with Gasteiger partial charge in [-0.3, -0.25) is 0 Å². The Morgan fingerprint density at radius 2 is 1.71 bits per heavy atom. The molecule has 0 rings (SSSR count). The molecule has 0 radical (unpaired) electrons. The summed E-state index contributed by atoms with van der Waals surface area (Å²) in [5.41, 5.74) is 0. The molecular formula is C5H13LiO. The molecule has 0 saturated carbocycles. The largest absolute Gasteiger partial charge is 1.00 e. The molecule has 0 atom stereocenters. The third kappa shape index (κ3) is 6.56. The van der Waals surface area contributed by atoms with Crippen molar-refractivity contribution in [3.05, 3.63) is 0 Å². The third-order valence-electron chi connectivity index (χ3n) is 0.942. The average Bonchev–Trinajstić information content (AvgIpc) is 1.65. The molecule has 0 aromatic rings. The van der Waals surface area contributed by atoms with Crippen molar-refractivity contribution >= 4 is 0 Å². The topological polar surface area (TPSA) is 20.2 Å². The molecule has 2 heteroatoms. The molecule has 0 aromatic heterocycles. The summed E-state index contributed by atoms with van der Waals surface area (Å²) in [6, 6.07) is 0. The van der Waals surface area contributed by atoms with Crippen molar-refractivity contribution in [1.29, 1.82) is 0 Å². The molecule has 0 spiro atoms. The van der Waals surface area contributed by atoms with Gasteiger partial charge in [-0.25, -0.2) is 0 Å². The maximum Gasteiger partial charge on any atom is 1.00 e. The predicted octanol–water partition coefficient (Wildman–Crippen LogP) is -1.72. The Kier molecular flexibility index (Phi) is 9.86. The molecule has 0 heterocycles. The average molecular weight is 96.1 g/mol. The minimum atomic E-state index is -0.0648. The van der Waals surface area contributed by atoms with Gasteiger partial charge in [-0.15, -0.1) is 0 Å². The fourth-order valence-electron chi connectivity index (χ4n) is 0.289. The van der Waals surface area contributed by atoms with Crippen molar-refractivity contribution in [3.8, 4) is 0 Å². The molecule has 0 aromatic carbocycles. The van der Waals surface area contributed by atoms with E-state index in [2.05, 4.69) is 0 Å². The van der Waals surface area contributed by atoms with E-state index in [1.807, 2.05) is 13.8 Å². The van der Waals surface area contributed by atoms with Crippen LogP contribution in [0.25, 0.3) is 0 Å². The zero-order valence-corrected chi connectivity index (χ0v) is 5.44. The summed E-state index contributed by atoms with van der Waals surface area (Å²) in [6.45, 7) is 3.96. The van der Waals surface area contributed by atoms with Crippen molar-refractivity contribution in [3.63, 3.8) is 0 Å². The van der Waals surface area contributed by atoms with Gasteiger partial charge in [-0.05, 0) is 12.8 Å². The van der Waals surface area contributed by atoms with Gasteiger partial charge in [0.25, 0.3) is 0 Å². The van der Waals surface area contributed by atoms with E-state index >= 15 is 0 Å². The molecule has 0 aliphatic heterocycles. The van der Waals surface area contributed by atoms with E-state index in [1.54, 1.807) is 0 Å². The second-order valence-corrected chi connectivity index (χ2v) is 1.47. The summed E-state index contributed by atoms with van der Waals surface area (Å²) in [4.78, 5) is 0. The minimum absolute atomic E-state index is 0. The maximum absolute atomic E-state index is 8.67. The Bertz CT molecular complexity index is 31.6. The predicted molar refractivity (Wildman–Crippen MR) is 27.7 cm³/mol. The van der Waals surface area contributed by atoms with Crippen LogP contribution in [-0.4, -0.2) is 11.2 Å². The van der Waals surface area contributed by atoms with Crippen molar-refractivity contribution < 1.29 is 25.4 Å². The fraction of sp³-hybridized carbons (Fsp3) is 1.00. The van der Waals surface area contributed by atoms with Crippen LogP contribution in [0.3, 0.4) is 0 Å². The van der Waals surface area contributed by atoms with Gasteiger partial charge in [0.05, 0.1) is 6.10 Å². The maximum atomic E-state index is 8.67. The second-order valence-electron chi connectivity index (χ2n) is 1.47. The molecule has 0 saturated heterocycles. The van der Waals surface area contributed by atoms with Crippen LogP contribution < -0.4 is 18.9 Å². The summed E-state index contributed by atoms with van der Waals surface area (Å²) in [5.74, 6) is 0. The van der Waals surface area contributed by atoms with E-state index in [4.69, 9.17) is 5.11 Å². The van der Waals surface area contributed by atoms with Crippen molar-refractivity contribution in [2.45, 2.75) is 32.8 Å². The zero-order chi connectivity index (χ0) is 4.99.